The van der Waals surface area contributed by atoms with Crippen LogP contribution in [0.1, 0.15) is 30.1 Å². The van der Waals surface area contributed by atoms with Gasteiger partial charge in [-0.3, -0.25) is 4.79 Å². The van der Waals surface area contributed by atoms with E-state index in [1.807, 2.05) is 0 Å². The van der Waals surface area contributed by atoms with E-state index in [-0.39, 0.29) is 12.5 Å². The van der Waals surface area contributed by atoms with Crippen molar-refractivity contribution in [2.75, 3.05) is 6.61 Å². The molecule has 2 N–H and O–H groups in total. The molecule has 1 fully saturated rings. The van der Waals surface area contributed by atoms with Gasteiger partial charge in [0.05, 0.1) is 17.7 Å². The summed E-state index contributed by atoms with van der Waals surface area (Å²) in [5.41, 5.74) is -1.44. The molecule has 0 saturated heterocycles. The summed E-state index contributed by atoms with van der Waals surface area (Å²) in [6, 6.07) is 1.58. The van der Waals surface area contributed by atoms with E-state index in [9.17, 15) is 23.1 Å². The lowest BCUT2D eigenvalue weighted by atomic mass is 9.96. The average Bonchev–Trinajstić information content (AvgIpc) is 3.20. The normalized spacial score (nSPS) is 17.9. The standard InChI is InChI=1S/C13H14F3NO2/c1-13(6-18,7-2-3-7)17-12(19)8-4-5-9(14)11(16)10(8)15/h4-5,7,18H,2-3,6H2,1H3,(H,17,19)/t13-/m0/s1. The van der Waals surface area contributed by atoms with Crippen molar-refractivity contribution < 1.29 is 23.1 Å². The number of halogens is 3. The molecule has 0 bridgehead atoms. The highest BCUT2D eigenvalue weighted by Gasteiger charge is 2.42. The van der Waals surface area contributed by atoms with Gasteiger partial charge < -0.3 is 10.4 Å². The van der Waals surface area contributed by atoms with Gasteiger partial charge in [-0.25, -0.2) is 13.2 Å². The number of rotatable bonds is 4. The van der Waals surface area contributed by atoms with E-state index < -0.39 is 34.5 Å². The molecule has 19 heavy (non-hydrogen) atoms. The zero-order valence-electron chi connectivity index (χ0n) is 10.3. The lowest BCUT2D eigenvalue weighted by Gasteiger charge is -2.28. The SMILES string of the molecule is C[C@@](CO)(NC(=O)c1ccc(F)c(F)c1F)C1CC1. The van der Waals surface area contributed by atoms with E-state index in [4.69, 9.17) is 0 Å². The Hall–Kier alpha value is -1.56. The van der Waals surface area contributed by atoms with Crippen LogP contribution in [-0.4, -0.2) is 23.2 Å². The van der Waals surface area contributed by atoms with Crippen LogP contribution in [0.5, 0.6) is 0 Å². The maximum atomic E-state index is 13.5. The van der Waals surface area contributed by atoms with Gasteiger partial charge in [0.2, 0.25) is 0 Å². The molecule has 1 amide bonds. The summed E-state index contributed by atoms with van der Waals surface area (Å²) < 4.78 is 39.3. The van der Waals surface area contributed by atoms with Crippen molar-refractivity contribution in [3.8, 4) is 0 Å². The lowest BCUT2D eigenvalue weighted by molar-refractivity contribution is 0.0819. The molecule has 0 heterocycles. The first-order valence-corrected chi connectivity index (χ1v) is 5.96. The Morgan fingerprint density at radius 1 is 1.37 bits per heavy atom. The number of aliphatic hydroxyl groups is 1. The number of hydrogen-bond acceptors (Lipinski definition) is 2. The molecular weight excluding hydrogens is 259 g/mol. The molecule has 1 aliphatic rings. The van der Waals surface area contributed by atoms with Crippen LogP contribution in [0.4, 0.5) is 13.2 Å². The van der Waals surface area contributed by atoms with Gasteiger partial charge in [-0.2, -0.15) is 0 Å². The van der Waals surface area contributed by atoms with E-state index in [1.165, 1.54) is 0 Å². The Morgan fingerprint density at radius 3 is 2.53 bits per heavy atom. The molecular formula is C13H14F3NO2. The van der Waals surface area contributed by atoms with Crippen LogP contribution in [0.2, 0.25) is 0 Å². The first kappa shape index (κ1) is 13.9. The third-order valence-electron chi connectivity index (χ3n) is 3.49. The number of carbonyl (C=O) groups is 1. The summed E-state index contributed by atoms with van der Waals surface area (Å²) in [4.78, 5) is 11.9. The molecule has 1 aromatic carbocycles. The van der Waals surface area contributed by atoms with Crippen LogP contribution in [0.3, 0.4) is 0 Å². The largest absolute Gasteiger partial charge is 0.394 e. The molecule has 6 heteroatoms. The number of nitrogens with one attached hydrogen (secondary N) is 1. The number of carbonyl (C=O) groups excluding carboxylic acids is 1. The molecule has 104 valence electrons. The second kappa shape index (κ2) is 4.85. The molecule has 0 aromatic heterocycles. The van der Waals surface area contributed by atoms with E-state index in [0.717, 1.165) is 18.9 Å². The summed E-state index contributed by atoms with van der Waals surface area (Å²) in [7, 11) is 0. The zero-order chi connectivity index (χ0) is 14.2. The third kappa shape index (κ3) is 2.58. The molecule has 1 aliphatic carbocycles. The third-order valence-corrected chi connectivity index (χ3v) is 3.49. The molecule has 2 rings (SSSR count). The Balaban J connectivity index is 2.23. The smallest absolute Gasteiger partial charge is 0.254 e. The van der Waals surface area contributed by atoms with Crippen molar-refractivity contribution in [2.45, 2.75) is 25.3 Å². The predicted molar refractivity (Wildman–Crippen MR) is 62.0 cm³/mol. The van der Waals surface area contributed by atoms with Crippen molar-refractivity contribution in [3.63, 3.8) is 0 Å². The van der Waals surface area contributed by atoms with E-state index in [2.05, 4.69) is 5.32 Å². The summed E-state index contributed by atoms with van der Waals surface area (Å²) >= 11 is 0. The molecule has 0 spiro atoms. The quantitative estimate of drug-likeness (QED) is 0.824. The van der Waals surface area contributed by atoms with Gasteiger partial charge in [0.1, 0.15) is 0 Å². The number of hydrogen-bond donors (Lipinski definition) is 2. The van der Waals surface area contributed by atoms with Gasteiger partial charge >= 0.3 is 0 Å². The second-order valence-corrected chi connectivity index (χ2v) is 5.03. The zero-order valence-corrected chi connectivity index (χ0v) is 10.3. The van der Waals surface area contributed by atoms with E-state index in [1.54, 1.807) is 6.92 Å². The van der Waals surface area contributed by atoms with Gasteiger partial charge in [0.25, 0.3) is 5.91 Å². The maximum Gasteiger partial charge on any atom is 0.254 e. The molecule has 3 nitrogen and oxygen atoms in total. The first-order chi connectivity index (χ1) is 8.89. The Morgan fingerprint density at radius 2 is 2.00 bits per heavy atom. The van der Waals surface area contributed by atoms with Gasteiger partial charge in [-0.1, -0.05) is 0 Å². The van der Waals surface area contributed by atoms with Crippen molar-refractivity contribution >= 4 is 5.91 Å². The van der Waals surface area contributed by atoms with Crippen LogP contribution in [0.25, 0.3) is 0 Å². The highest BCUT2D eigenvalue weighted by molar-refractivity contribution is 5.95. The molecule has 0 radical (unpaired) electrons. The van der Waals surface area contributed by atoms with Gasteiger partial charge in [-0.15, -0.1) is 0 Å². The predicted octanol–water partition coefficient (Wildman–Crippen LogP) is 1.99. The minimum Gasteiger partial charge on any atom is -0.394 e. The summed E-state index contributed by atoms with van der Waals surface area (Å²) in [5, 5.41) is 11.8. The highest BCUT2D eigenvalue weighted by Crippen LogP contribution is 2.39. The molecule has 1 atom stereocenters. The first-order valence-electron chi connectivity index (χ1n) is 5.96. The average molecular weight is 273 g/mol. The summed E-state index contributed by atoms with van der Waals surface area (Å²) in [6.45, 7) is 1.34. The fourth-order valence-electron chi connectivity index (χ4n) is 2.02. The minimum absolute atomic E-state index is 0.120. The number of benzene rings is 1. The van der Waals surface area contributed by atoms with E-state index >= 15 is 0 Å². The van der Waals surface area contributed by atoms with E-state index in [0.29, 0.717) is 6.07 Å². The summed E-state index contributed by atoms with van der Waals surface area (Å²) in [6.07, 6.45) is 1.72. The Labute approximate surface area is 108 Å². The fraction of sp³-hybridized carbons (Fsp3) is 0.462. The molecule has 1 aromatic rings. The van der Waals surface area contributed by atoms with Crippen molar-refractivity contribution in [2.24, 2.45) is 5.92 Å². The second-order valence-electron chi connectivity index (χ2n) is 5.03. The maximum absolute atomic E-state index is 13.5. The van der Waals surface area contributed by atoms with Crippen molar-refractivity contribution in [3.05, 3.63) is 35.1 Å². The van der Waals surface area contributed by atoms with Gasteiger partial charge in [0.15, 0.2) is 17.5 Å². The Kier molecular flexibility index (Phi) is 3.54. The lowest BCUT2D eigenvalue weighted by Crippen LogP contribution is -2.51. The fourth-order valence-corrected chi connectivity index (χ4v) is 2.02. The van der Waals surface area contributed by atoms with Crippen LogP contribution in [-0.2, 0) is 0 Å². The highest BCUT2D eigenvalue weighted by atomic mass is 19.2. The summed E-state index contributed by atoms with van der Waals surface area (Å²) in [5.74, 6) is -5.28. The molecule has 1 saturated carbocycles. The number of aliphatic hydroxyl groups excluding tert-OH is 1. The van der Waals surface area contributed by atoms with Crippen LogP contribution in [0.15, 0.2) is 12.1 Å². The van der Waals surface area contributed by atoms with Crippen LogP contribution in [0, 0.1) is 23.4 Å². The minimum atomic E-state index is -1.68. The van der Waals surface area contributed by atoms with Crippen LogP contribution >= 0.6 is 0 Å². The van der Waals surface area contributed by atoms with Gasteiger partial charge in [-0.05, 0) is 37.8 Å². The van der Waals surface area contributed by atoms with Crippen LogP contribution < -0.4 is 5.32 Å². The number of amides is 1. The molecule has 0 unspecified atom stereocenters. The monoisotopic (exact) mass is 273 g/mol. The van der Waals surface area contributed by atoms with Gasteiger partial charge in [0, 0.05) is 0 Å². The van der Waals surface area contributed by atoms with Crippen molar-refractivity contribution in [1.29, 1.82) is 0 Å². The topological polar surface area (TPSA) is 49.3 Å². The molecule has 0 aliphatic heterocycles. The Bertz CT molecular complexity index is 517. The van der Waals surface area contributed by atoms with Crippen molar-refractivity contribution in [1.82, 2.24) is 5.32 Å².